The lowest BCUT2D eigenvalue weighted by Crippen LogP contribution is -2.15. The summed E-state index contributed by atoms with van der Waals surface area (Å²) in [7, 11) is 0. The SMILES string of the molecule is CCOC/C(F)=C(\F)c1ccc(C2CCC(CCc3cc(F)c(C(F)(F)F)c(F)c3)CC2)c(F)c1. The van der Waals surface area contributed by atoms with Crippen LogP contribution in [0.4, 0.5) is 35.1 Å². The van der Waals surface area contributed by atoms with Gasteiger partial charge < -0.3 is 4.74 Å². The largest absolute Gasteiger partial charge is 0.422 e. The van der Waals surface area contributed by atoms with E-state index in [9.17, 15) is 35.1 Å². The first-order valence-electron chi connectivity index (χ1n) is 11.5. The molecule has 0 saturated heterocycles. The second-order valence-corrected chi connectivity index (χ2v) is 8.78. The van der Waals surface area contributed by atoms with Gasteiger partial charge in [0.05, 0.1) is 0 Å². The van der Waals surface area contributed by atoms with Crippen molar-refractivity contribution in [2.24, 2.45) is 5.92 Å². The van der Waals surface area contributed by atoms with Crippen LogP contribution in [0, 0.1) is 23.4 Å². The van der Waals surface area contributed by atoms with Crippen LogP contribution >= 0.6 is 0 Å². The van der Waals surface area contributed by atoms with E-state index in [0.717, 1.165) is 18.2 Å². The molecule has 0 spiro atoms. The highest BCUT2D eigenvalue weighted by atomic mass is 19.4. The van der Waals surface area contributed by atoms with Crippen LogP contribution < -0.4 is 0 Å². The highest BCUT2D eigenvalue weighted by Gasteiger charge is 2.38. The first-order chi connectivity index (χ1) is 16.5. The van der Waals surface area contributed by atoms with Crippen LogP contribution in [0.2, 0.25) is 0 Å². The summed E-state index contributed by atoms with van der Waals surface area (Å²) in [6, 6.07) is 5.20. The number of hydrogen-bond acceptors (Lipinski definition) is 1. The van der Waals surface area contributed by atoms with Gasteiger partial charge in [0.2, 0.25) is 0 Å². The average molecular weight is 506 g/mol. The van der Waals surface area contributed by atoms with E-state index in [1.54, 1.807) is 6.92 Å². The topological polar surface area (TPSA) is 9.23 Å². The summed E-state index contributed by atoms with van der Waals surface area (Å²) in [5.74, 6) is -6.08. The maximum Gasteiger partial charge on any atom is 0.422 e. The van der Waals surface area contributed by atoms with Gasteiger partial charge in [-0.15, -0.1) is 0 Å². The Bertz CT molecular complexity index is 1030. The molecule has 0 N–H and O–H groups in total. The Hall–Kier alpha value is -2.42. The van der Waals surface area contributed by atoms with Crippen molar-refractivity contribution in [2.45, 2.75) is 57.5 Å². The molecule has 3 rings (SSSR count). The molecule has 1 aliphatic carbocycles. The summed E-state index contributed by atoms with van der Waals surface area (Å²) in [5, 5.41) is 0. The van der Waals surface area contributed by atoms with Crippen LogP contribution in [-0.2, 0) is 17.3 Å². The second-order valence-electron chi connectivity index (χ2n) is 8.78. The van der Waals surface area contributed by atoms with Crippen LogP contribution in [0.3, 0.4) is 0 Å². The molecule has 0 unspecified atom stereocenters. The molecule has 192 valence electrons. The lowest BCUT2D eigenvalue weighted by Gasteiger charge is -2.29. The van der Waals surface area contributed by atoms with E-state index in [1.165, 1.54) is 12.1 Å². The molecule has 2 aromatic rings. The molecular formula is C26H26F8O. The highest BCUT2D eigenvalue weighted by Crippen LogP contribution is 2.40. The second kappa shape index (κ2) is 11.5. The van der Waals surface area contributed by atoms with Gasteiger partial charge in [-0.05, 0) is 86.6 Å². The fourth-order valence-corrected chi connectivity index (χ4v) is 4.58. The molecule has 0 heterocycles. The lowest BCUT2D eigenvalue weighted by atomic mass is 9.76. The molecule has 35 heavy (non-hydrogen) atoms. The Kier molecular flexibility index (Phi) is 8.96. The average Bonchev–Trinajstić information content (AvgIpc) is 2.79. The molecule has 0 bridgehead atoms. The van der Waals surface area contributed by atoms with Crippen molar-refractivity contribution in [3.63, 3.8) is 0 Å². The maximum atomic E-state index is 14.7. The van der Waals surface area contributed by atoms with Crippen molar-refractivity contribution < 1.29 is 39.9 Å². The van der Waals surface area contributed by atoms with Crippen LogP contribution in [0.15, 0.2) is 36.2 Å². The molecule has 1 nitrogen and oxygen atoms in total. The van der Waals surface area contributed by atoms with Crippen LogP contribution in [0.5, 0.6) is 0 Å². The van der Waals surface area contributed by atoms with Gasteiger partial charge in [0.1, 0.15) is 29.6 Å². The van der Waals surface area contributed by atoms with Crippen LogP contribution in [0.1, 0.15) is 67.2 Å². The third-order valence-corrected chi connectivity index (χ3v) is 6.44. The summed E-state index contributed by atoms with van der Waals surface area (Å²) in [6.45, 7) is 1.33. The Morgan fingerprint density at radius 2 is 1.54 bits per heavy atom. The number of halogens is 8. The predicted octanol–water partition coefficient (Wildman–Crippen LogP) is 8.67. The number of alkyl halides is 3. The zero-order chi connectivity index (χ0) is 25.8. The molecule has 2 aromatic carbocycles. The van der Waals surface area contributed by atoms with Gasteiger partial charge >= 0.3 is 6.18 Å². The van der Waals surface area contributed by atoms with Crippen LogP contribution in [-0.4, -0.2) is 13.2 Å². The van der Waals surface area contributed by atoms with Gasteiger partial charge in [0.15, 0.2) is 11.7 Å². The molecule has 0 atom stereocenters. The number of rotatable bonds is 8. The van der Waals surface area contributed by atoms with Crippen molar-refractivity contribution in [1.82, 2.24) is 0 Å². The highest BCUT2D eigenvalue weighted by molar-refractivity contribution is 5.61. The van der Waals surface area contributed by atoms with E-state index in [2.05, 4.69) is 0 Å². The molecule has 0 aromatic heterocycles. The number of ether oxygens (including phenoxy) is 1. The first kappa shape index (κ1) is 27.2. The van der Waals surface area contributed by atoms with Gasteiger partial charge in [-0.1, -0.05) is 12.1 Å². The standard InChI is InChI=1S/C26H26F8O/c1-2-35-14-23(30)25(31)18-9-10-19(20(27)13-18)17-7-5-15(6-8-17)3-4-16-11-21(28)24(22(29)12-16)26(32,33)34/h9-13,15,17H,2-8,14H2,1H3/b25-23+. The molecule has 0 amide bonds. The Labute approximate surface area is 198 Å². The summed E-state index contributed by atoms with van der Waals surface area (Å²) in [5.41, 5.74) is -1.52. The van der Waals surface area contributed by atoms with Gasteiger partial charge in [0, 0.05) is 12.2 Å². The lowest BCUT2D eigenvalue weighted by molar-refractivity contribution is -0.142. The quantitative estimate of drug-likeness (QED) is 0.326. The minimum atomic E-state index is -5.10. The van der Waals surface area contributed by atoms with Crippen LogP contribution in [0.25, 0.3) is 5.83 Å². The van der Waals surface area contributed by atoms with E-state index < -0.39 is 47.5 Å². The Morgan fingerprint density at radius 1 is 0.914 bits per heavy atom. The Morgan fingerprint density at radius 3 is 2.09 bits per heavy atom. The van der Waals surface area contributed by atoms with Crippen molar-refractivity contribution in [2.75, 3.05) is 13.2 Å². The van der Waals surface area contributed by atoms with Gasteiger partial charge in [-0.3, -0.25) is 0 Å². The van der Waals surface area contributed by atoms with Crippen molar-refractivity contribution >= 4 is 5.83 Å². The van der Waals surface area contributed by atoms with Gasteiger partial charge in [-0.25, -0.2) is 22.0 Å². The molecule has 0 aliphatic heterocycles. The zero-order valence-corrected chi connectivity index (χ0v) is 19.1. The summed E-state index contributed by atoms with van der Waals surface area (Å²) in [6.07, 6.45) is -1.67. The predicted molar refractivity (Wildman–Crippen MR) is 116 cm³/mol. The van der Waals surface area contributed by atoms with Crippen molar-refractivity contribution in [3.05, 3.63) is 75.9 Å². The van der Waals surface area contributed by atoms with Crippen molar-refractivity contribution in [1.29, 1.82) is 0 Å². The molecule has 1 fully saturated rings. The van der Waals surface area contributed by atoms with E-state index in [-0.39, 0.29) is 36.0 Å². The van der Waals surface area contributed by atoms with E-state index in [4.69, 9.17) is 4.74 Å². The summed E-state index contributed by atoms with van der Waals surface area (Å²) < 4.78 is 113. The van der Waals surface area contributed by atoms with Gasteiger partial charge in [0.25, 0.3) is 0 Å². The first-order valence-corrected chi connectivity index (χ1v) is 11.5. The maximum absolute atomic E-state index is 14.7. The monoisotopic (exact) mass is 506 g/mol. The molecule has 1 aliphatic rings. The third kappa shape index (κ3) is 6.84. The summed E-state index contributed by atoms with van der Waals surface area (Å²) in [4.78, 5) is 0. The normalized spacial score (nSPS) is 19.6. The third-order valence-electron chi connectivity index (χ3n) is 6.44. The number of benzene rings is 2. The van der Waals surface area contributed by atoms with E-state index in [1.807, 2.05) is 0 Å². The van der Waals surface area contributed by atoms with E-state index >= 15 is 0 Å². The fourth-order valence-electron chi connectivity index (χ4n) is 4.58. The number of aryl methyl sites for hydroxylation is 1. The molecule has 1 saturated carbocycles. The summed E-state index contributed by atoms with van der Waals surface area (Å²) >= 11 is 0. The molecular weight excluding hydrogens is 480 g/mol. The smallest absolute Gasteiger partial charge is 0.375 e. The fraction of sp³-hybridized carbons (Fsp3) is 0.462. The minimum absolute atomic E-state index is 0.110. The van der Waals surface area contributed by atoms with Crippen molar-refractivity contribution in [3.8, 4) is 0 Å². The molecule has 0 radical (unpaired) electrons. The Balaban J connectivity index is 1.58. The van der Waals surface area contributed by atoms with Gasteiger partial charge in [-0.2, -0.15) is 13.2 Å². The van der Waals surface area contributed by atoms with E-state index in [0.29, 0.717) is 37.7 Å². The minimum Gasteiger partial charge on any atom is -0.375 e. The zero-order valence-electron chi connectivity index (χ0n) is 19.1. The number of hydrogen-bond donors (Lipinski definition) is 0. The molecule has 9 heteroatoms.